The zero-order valence-electron chi connectivity index (χ0n) is 15.0. The Kier molecular flexibility index (Phi) is 6.90. The molecule has 0 spiro atoms. The molecule has 0 aliphatic carbocycles. The van der Waals surface area contributed by atoms with Crippen molar-refractivity contribution in [2.24, 2.45) is 0 Å². The summed E-state index contributed by atoms with van der Waals surface area (Å²) in [7, 11) is 0. The number of hydrogen-bond acceptors (Lipinski definition) is 4. The van der Waals surface area contributed by atoms with Crippen molar-refractivity contribution in [2.45, 2.75) is 53.2 Å². The highest BCUT2D eigenvalue weighted by Gasteiger charge is 2.21. The highest BCUT2D eigenvalue weighted by molar-refractivity contribution is 6.31. The molecule has 0 saturated carbocycles. The van der Waals surface area contributed by atoms with Crippen LogP contribution in [0.1, 0.15) is 40.2 Å². The predicted molar refractivity (Wildman–Crippen MR) is 97.8 cm³/mol. The third-order valence-corrected chi connectivity index (χ3v) is 3.46. The first-order chi connectivity index (χ1) is 11.0. The maximum absolute atomic E-state index is 12.3. The van der Waals surface area contributed by atoms with E-state index in [1.54, 1.807) is 39.8 Å². The van der Waals surface area contributed by atoms with Gasteiger partial charge in [0.05, 0.1) is 11.4 Å². The quantitative estimate of drug-likeness (QED) is 0.747. The second-order valence-electron chi connectivity index (χ2n) is 6.53. The van der Waals surface area contributed by atoms with Crippen molar-refractivity contribution in [3.63, 3.8) is 0 Å². The van der Waals surface area contributed by atoms with Gasteiger partial charge in [0, 0.05) is 11.6 Å². The number of halogens is 1. The second kappa shape index (κ2) is 8.24. The van der Waals surface area contributed by atoms with E-state index in [1.165, 1.54) is 0 Å². The van der Waals surface area contributed by atoms with E-state index in [0.29, 0.717) is 17.3 Å². The van der Waals surface area contributed by atoms with E-state index in [2.05, 4.69) is 16.0 Å². The normalized spacial score (nSPS) is 12.3. The SMILES string of the molecule is CCNc1cc(Cl)c(C)cc1NC(=O)C(C)NC(=O)OC(C)(C)C. The number of amides is 2. The van der Waals surface area contributed by atoms with Gasteiger partial charge in [-0.05, 0) is 59.2 Å². The lowest BCUT2D eigenvalue weighted by atomic mass is 10.1. The molecule has 1 unspecified atom stereocenters. The lowest BCUT2D eigenvalue weighted by molar-refractivity contribution is -0.117. The van der Waals surface area contributed by atoms with Crippen molar-refractivity contribution in [2.75, 3.05) is 17.2 Å². The molecule has 6 nitrogen and oxygen atoms in total. The molecule has 0 aliphatic heterocycles. The van der Waals surface area contributed by atoms with Crippen LogP contribution >= 0.6 is 11.6 Å². The van der Waals surface area contributed by atoms with Gasteiger partial charge < -0.3 is 20.7 Å². The summed E-state index contributed by atoms with van der Waals surface area (Å²) in [5.74, 6) is -0.346. The fourth-order valence-corrected chi connectivity index (χ4v) is 2.08. The van der Waals surface area contributed by atoms with Crippen LogP contribution in [0.5, 0.6) is 0 Å². The molecule has 0 saturated heterocycles. The molecule has 3 N–H and O–H groups in total. The molecule has 7 heteroatoms. The van der Waals surface area contributed by atoms with Crippen LogP contribution in [0.3, 0.4) is 0 Å². The molecule has 2 amide bonds. The first-order valence-corrected chi connectivity index (χ1v) is 8.25. The number of benzene rings is 1. The molecule has 0 heterocycles. The number of aryl methyl sites for hydroxylation is 1. The fraction of sp³-hybridized carbons (Fsp3) is 0.529. The van der Waals surface area contributed by atoms with Gasteiger partial charge in [0.25, 0.3) is 0 Å². The molecule has 1 aromatic rings. The van der Waals surface area contributed by atoms with Gasteiger partial charge in [-0.1, -0.05) is 11.6 Å². The lowest BCUT2D eigenvalue weighted by Crippen LogP contribution is -2.44. The summed E-state index contributed by atoms with van der Waals surface area (Å²) in [6, 6.07) is 2.81. The Balaban J connectivity index is 2.80. The van der Waals surface area contributed by atoms with Crippen molar-refractivity contribution in [1.29, 1.82) is 0 Å². The number of carbonyl (C=O) groups excluding carboxylic acids is 2. The number of anilines is 2. The number of hydrogen-bond donors (Lipinski definition) is 3. The standard InChI is InChI=1S/C17H26ClN3O3/c1-7-19-13-9-12(18)10(2)8-14(13)21-15(22)11(3)20-16(23)24-17(4,5)6/h8-9,11,19H,7H2,1-6H3,(H,20,23)(H,21,22). The molecule has 134 valence electrons. The number of ether oxygens (including phenoxy) is 1. The van der Waals surface area contributed by atoms with Crippen molar-refractivity contribution < 1.29 is 14.3 Å². The van der Waals surface area contributed by atoms with Crippen LogP contribution in [0.2, 0.25) is 5.02 Å². The smallest absolute Gasteiger partial charge is 0.408 e. The number of rotatable bonds is 5. The highest BCUT2D eigenvalue weighted by Crippen LogP contribution is 2.29. The van der Waals surface area contributed by atoms with Crippen molar-refractivity contribution in [3.8, 4) is 0 Å². The van der Waals surface area contributed by atoms with Crippen molar-refractivity contribution in [3.05, 3.63) is 22.7 Å². The van der Waals surface area contributed by atoms with Crippen LogP contribution in [-0.2, 0) is 9.53 Å². The van der Waals surface area contributed by atoms with E-state index in [-0.39, 0.29) is 5.91 Å². The monoisotopic (exact) mass is 355 g/mol. The third kappa shape index (κ3) is 6.28. The van der Waals surface area contributed by atoms with E-state index in [1.807, 2.05) is 13.8 Å². The van der Waals surface area contributed by atoms with Gasteiger partial charge >= 0.3 is 6.09 Å². The van der Waals surface area contributed by atoms with Crippen LogP contribution < -0.4 is 16.0 Å². The molecule has 0 aromatic heterocycles. The zero-order chi connectivity index (χ0) is 18.5. The van der Waals surface area contributed by atoms with E-state index < -0.39 is 17.7 Å². The Labute approximate surface area is 148 Å². The Morgan fingerprint density at radius 1 is 1.25 bits per heavy atom. The van der Waals surface area contributed by atoms with Gasteiger partial charge in [-0.25, -0.2) is 4.79 Å². The summed E-state index contributed by atoms with van der Waals surface area (Å²) < 4.78 is 5.15. The van der Waals surface area contributed by atoms with Gasteiger partial charge in [0.2, 0.25) is 5.91 Å². The minimum Gasteiger partial charge on any atom is -0.444 e. The molecule has 1 atom stereocenters. The molecule has 0 bridgehead atoms. The number of alkyl carbamates (subject to hydrolysis) is 1. The molecule has 1 rings (SSSR count). The third-order valence-electron chi connectivity index (χ3n) is 3.05. The summed E-state index contributed by atoms with van der Waals surface area (Å²) >= 11 is 6.12. The van der Waals surface area contributed by atoms with Crippen LogP contribution in [0, 0.1) is 6.92 Å². The summed E-state index contributed by atoms with van der Waals surface area (Å²) in [6.07, 6.45) is -0.635. The topological polar surface area (TPSA) is 79.5 Å². The number of nitrogens with one attached hydrogen (secondary N) is 3. The molecular weight excluding hydrogens is 330 g/mol. The van der Waals surface area contributed by atoms with Crippen LogP contribution in [0.4, 0.5) is 16.2 Å². The van der Waals surface area contributed by atoms with Gasteiger partial charge in [-0.3, -0.25) is 4.79 Å². The average molecular weight is 356 g/mol. The minimum atomic E-state index is -0.745. The molecule has 24 heavy (non-hydrogen) atoms. The summed E-state index contributed by atoms with van der Waals surface area (Å²) in [5.41, 5.74) is 1.57. The molecular formula is C17H26ClN3O3. The number of carbonyl (C=O) groups is 2. The Bertz CT molecular complexity index is 612. The van der Waals surface area contributed by atoms with E-state index in [0.717, 1.165) is 11.3 Å². The fourth-order valence-electron chi connectivity index (χ4n) is 1.91. The molecule has 0 fully saturated rings. The Morgan fingerprint density at radius 2 is 1.88 bits per heavy atom. The minimum absolute atomic E-state index is 0.346. The summed E-state index contributed by atoms with van der Waals surface area (Å²) in [5, 5.41) is 9.08. The van der Waals surface area contributed by atoms with Crippen LogP contribution in [-0.4, -0.2) is 30.2 Å². The van der Waals surface area contributed by atoms with Gasteiger partial charge in [0.1, 0.15) is 11.6 Å². The van der Waals surface area contributed by atoms with Crippen LogP contribution in [0.25, 0.3) is 0 Å². The Morgan fingerprint density at radius 3 is 2.42 bits per heavy atom. The van der Waals surface area contributed by atoms with Crippen molar-refractivity contribution in [1.82, 2.24) is 5.32 Å². The summed E-state index contributed by atoms with van der Waals surface area (Å²) in [4.78, 5) is 24.1. The molecule has 0 radical (unpaired) electrons. The first-order valence-electron chi connectivity index (χ1n) is 7.88. The van der Waals surface area contributed by atoms with E-state index in [9.17, 15) is 9.59 Å². The van der Waals surface area contributed by atoms with Crippen LogP contribution in [0.15, 0.2) is 12.1 Å². The maximum Gasteiger partial charge on any atom is 0.408 e. The average Bonchev–Trinajstić information content (AvgIpc) is 2.42. The van der Waals surface area contributed by atoms with Gasteiger partial charge in [-0.15, -0.1) is 0 Å². The van der Waals surface area contributed by atoms with E-state index in [4.69, 9.17) is 16.3 Å². The lowest BCUT2D eigenvalue weighted by Gasteiger charge is -2.22. The first kappa shape index (κ1) is 20.1. The van der Waals surface area contributed by atoms with Crippen molar-refractivity contribution >= 4 is 35.0 Å². The summed E-state index contributed by atoms with van der Waals surface area (Å²) in [6.45, 7) is 11.4. The maximum atomic E-state index is 12.3. The largest absolute Gasteiger partial charge is 0.444 e. The molecule has 0 aliphatic rings. The second-order valence-corrected chi connectivity index (χ2v) is 6.94. The predicted octanol–water partition coefficient (Wildman–Crippen LogP) is 3.93. The van der Waals surface area contributed by atoms with Gasteiger partial charge in [-0.2, -0.15) is 0 Å². The van der Waals surface area contributed by atoms with E-state index >= 15 is 0 Å². The highest BCUT2D eigenvalue weighted by atomic mass is 35.5. The molecule has 1 aromatic carbocycles. The van der Waals surface area contributed by atoms with Gasteiger partial charge in [0.15, 0.2) is 0 Å². The zero-order valence-corrected chi connectivity index (χ0v) is 15.8. The Hall–Kier alpha value is -1.95.